The molecular formula is C15H21FN2O4S. The molecule has 0 atom stereocenters. The van der Waals surface area contributed by atoms with Crippen LogP contribution >= 0.6 is 0 Å². The Balaban J connectivity index is 1.72. The number of halogens is 1. The zero-order valence-corrected chi connectivity index (χ0v) is 13.9. The molecule has 0 aliphatic carbocycles. The molecule has 0 aromatic heterocycles. The molecule has 0 radical (unpaired) electrons. The molecule has 2 rings (SSSR count). The maximum atomic E-state index is 13.4. The molecule has 1 aliphatic rings. The molecule has 1 aromatic rings. The molecule has 23 heavy (non-hydrogen) atoms. The summed E-state index contributed by atoms with van der Waals surface area (Å²) >= 11 is 0. The van der Waals surface area contributed by atoms with E-state index >= 15 is 0 Å². The number of likely N-dealkylation sites (N-methyl/N-ethyl adjacent to an activating group) is 1. The van der Waals surface area contributed by atoms with Crippen molar-refractivity contribution in [1.82, 2.24) is 9.80 Å². The van der Waals surface area contributed by atoms with E-state index in [1.807, 2.05) is 4.90 Å². The van der Waals surface area contributed by atoms with Crippen molar-refractivity contribution in [3.05, 3.63) is 30.1 Å². The Morgan fingerprint density at radius 2 is 1.96 bits per heavy atom. The number of hydrogen-bond acceptors (Lipinski definition) is 5. The number of hydrogen-bond donors (Lipinski definition) is 0. The lowest BCUT2D eigenvalue weighted by Crippen LogP contribution is -2.46. The number of sulfone groups is 1. The third-order valence-electron chi connectivity index (χ3n) is 3.74. The molecule has 6 nitrogen and oxygen atoms in total. The fraction of sp³-hybridized carbons (Fsp3) is 0.533. The van der Waals surface area contributed by atoms with Crippen LogP contribution in [0.5, 0.6) is 5.75 Å². The Hall–Kier alpha value is -1.67. The molecule has 0 spiro atoms. The van der Waals surface area contributed by atoms with Crippen LogP contribution in [0.25, 0.3) is 0 Å². The van der Waals surface area contributed by atoms with Gasteiger partial charge in [-0.2, -0.15) is 0 Å². The fourth-order valence-electron chi connectivity index (χ4n) is 2.20. The normalized spacial score (nSPS) is 17.7. The molecule has 0 saturated carbocycles. The van der Waals surface area contributed by atoms with Crippen LogP contribution in [0.2, 0.25) is 0 Å². The second kappa shape index (κ2) is 7.74. The van der Waals surface area contributed by atoms with Crippen molar-refractivity contribution in [2.24, 2.45) is 0 Å². The van der Waals surface area contributed by atoms with Gasteiger partial charge in [0.05, 0.1) is 24.6 Å². The summed E-state index contributed by atoms with van der Waals surface area (Å²) in [7, 11) is -1.30. The van der Waals surface area contributed by atoms with E-state index in [-0.39, 0.29) is 36.3 Å². The number of ether oxygens (including phenoxy) is 1. The average molecular weight is 344 g/mol. The molecule has 1 heterocycles. The molecule has 1 aliphatic heterocycles. The van der Waals surface area contributed by atoms with E-state index < -0.39 is 15.7 Å². The molecule has 0 unspecified atom stereocenters. The maximum absolute atomic E-state index is 13.4. The first-order chi connectivity index (χ1) is 10.9. The Bertz CT molecular complexity index is 637. The van der Waals surface area contributed by atoms with E-state index in [0.717, 1.165) is 0 Å². The maximum Gasteiger partial charge on any atom is 0.236 e. The highest BCUT2D eigenvalue weighted by molar-refractivity contribution is 7.91. The highest BCUT2D eigenvalue weighted by Gasteiger charge is 2.23. The number of nitrogens with zero attached hydrogens (tertiary/aromatic N) is 2. The van der Waals surface area contributed by atoms with Crippen LogP contribution in [-0.2, 0) is 14.6 Å². The standard InChI is InChI=1S/C15H21FN2O4S/c1-17(6-9-22-14-5-3-2-4-13(14)16)15(19)12-18-7-10-23(20,21)11-8-18/h2-5H,6-12H2,1H3. The predicted octanol–water partition coefficient (Wildman–Crippen LogP) is 0.393. The van der Waals surface area contributed by atoms with Gasteiger partial charge in [-0.15, -0.1) is 0 Å². The molecule has 8 heteroatoms. The van der Waals surface area contributed by atoms with Crippen LogP contribution in [0.1, 0.15) is 0 Å². The molecule has 1 fully saturated rings. The second-order valence-corrected chi connectivity index (χ2v) is 7.83. The number of para-hydroxylation sites is 1. The smallest absolute Gasteiger partial charge is 0.236 e. The van der Waals surface area contributed by atoms with Gasteiger partial charge in [0.2, 0.25) is 5.91 Å². The second-order valence-electron chi connectivity index (χ2n) is 5.52. The van der Waals surface area contributed by atoms with Crippen molar-refractivity contribution in [2.45, 2.75) is 0 Å². The highest BCUT2D eigenvalue weighted by atomic mass is 32.2. The number of amides is 1. The third kappa shape index (κ3) is 5.47. The predicted molar refractivity (Wildman–Crippen MR) is 84.6 cm³/mol. The average Bonchev–Trinajstić information content (AvgIpc) is 2.51. The first-order valence-corrected chi connectivity index (χ1v) is 9.23. The summed E-state index contributed by atoms with van der Waals surface area (Å²) in [6, 6.07) is 6.11. The van der Waals surface area contributed by atoms with Gasteiger partial charge in [-0.1, -0.05) is 12.1 Å². The van der Waals surface area contributed by atoms with Gasteiger partial charge < -0.3 is 9.64 Å². The van der Waals surface area contributed by atoms with Gasteiger partial charge in [0.1, 0.15) is 6.61 Å². The summed E-state index contributed by atoms with van der Waals surface area (Å²) in [5.74, 6) is -0.187. The molecular weight excluding hydrogens is 323 g/mol. The molecule has 0 bridgehead atoms. The summed E-state index contributed by atoms with van der Waals surface area (Å²) < 4.78 is 41.4. The van der Waals surface area contributed by atoms with E-state index in [2.05, 4.69) is 0 Å². The largest absolute Gasteiger partial charge is 0.489 e. The van der Waals surface area contributed by atoms with Crippen LogP contribution < -0.4 is 4.74 Å². The van der Waals surface area contributed by atoms with E-state index in [9.17, 15) is 17.6 Å². The highest BCUT2D eigenvalue weighted by Crippen LogP contribution is 2.15. The summed E-state index contributed by atoms with van der Waals surface area (Å²) in [5.41, 5.74) is 0. The van der Waals surface area contributed by atoms with Gasteiger partial charge in [-0.05, 0) is 12.1 Å². The van der Waals surface area contributed by atoms with Crippen LogP contribution in [0, 0.1) is 5.82 Å². The van der Waals surface area contributed by atoms with Crippen LogP contribution in [-0.4, -0.2) is 75.5 Å². The Labute approximate surface area is 135 Å². The minimum atomic E-state index is -2.94. The minimum Gasteiger partial charge on any atom is -0.489 e. The number of carbonyl (C=O) groups is 1. The summed E-state index contributed by atoms with van der Waals surface area (Å²) in [4.78, 5) is 15.4. The summed E-state index contributed by atoms with van der Waals surface area (Å²) in [6.45, 7) is 1.48. The topological polar surface area (TPSA) is 66.9 Å². The van der Waals surface area contributed by atoms with Crippen molar-refractivity contribution >= 4 is 15.7 Å². The van der Waals surface area contributed by atoms with E-state index in [1.165, 1.54) is 17.0 Å². The first-order valence-electron chi connectivity index (χ1n) is 7.41. The molecule has 1 saturated heterocycles. The number of benzene rings is 1. The van der Waals surface area contributed by atoms with Crippen LogP contribution in [0.15, 0.2) is 24.3 Å². The number of rotatable bonds is 6. The van der Waals surface area contributed by atoms with E-state index in [1.54, 1.807) is 19.2 Å². The molecule has 0 N–H and O–H groups in total. The van der Waals surface area contributed by atoms with E-state index in [0.29, 0.717) is 19.6 Å². The van der Waals surface area contributed by atoms with Gasteiger partial charge in [-0.25, -0.2) is 12.8 Å². The zero-order chi connectivity index (χ0) is 16.9. The summed E-state index contributed by atoms with van der Waals surface area (Å²) in [6.07, 6.45) is 0. The lowest BCUT2D eigenvalue weighted by atomic mass is 10.3. The lowest BCUT2D eigenvalue weighted by Gasteiger charge is -2.28. The monoisotopic (exact) mass is 344 g/mol. The van der Waals surface area contributed by atoms with Crippen molar-refractivity contribution < 1.29 is 22.3 Å². The van der Waals surface area contributed by atoms with Crippen LogP contribution in [0.4, 0.5) is 4.39 Å². The van der Waals surface area contributed by atoms with Crippen molar-refractivity contribution in [3.8, 4) is 5.75 Å². The van der Waals surface area contributed by atoms with Crippen molar-refractivity contribution in [1.29, 1.82) is 0 Å². The van der Waals surface area contributed by atoms with Gasteiger partial charge in [0.25, 0.3) is 0 Å². The molecule has 1 amide bonds. The van der Waals surface area contributed by atoms with Gasteiger partial charge in [-0.3, -0.25) is 9.69 Å². The van der Waals surface area contributed by atoms with Gasteiger partial charge in [0.15, 0.2) is 21.4 Å². The van der Waals surface area contributed by atoms with Gasteiger partial charge >= 0.3 is 0 Å². The molecule has 1 aromatic carbocycles. The van der Waals surface area contributed by atoms with Crippen LogP contribution in [0.3, 0.4) is 0 Å². The van der Waals surface area contributed by atoms with E-state index in [4.69, 9.17) is 4.74 Å². The minimum absolute atomic E-state index is 0.0976. The Kier molecular flexibility index (Phi) is 5.95. The van der Waals surface area contributed by atoms with Crippen molar-refractivity contribution in [2.75, 3.05) is 51.3 Å². The SMILES string of the molecule is CN(CCOc1ccccc1F)C(=O)CN1CCS(=O)(=O)CC1. The summed E-state index contributed by atoms with van der Waals surface area (Å²) in [5, 5.41) is 0. The first kappa shape index (κ1) is 17.7. The lowest BCUT2D eigenvalue weighted by molar-refractivity contribution is -0.131. The molecule has 128 valence electrons. The fourth-order valence-corrected chi connectivity index (χ4v) is 3.48. The third-order valence-corrected chi connectivity index (χ3v) is 5.35. The Morgan fingerprint density at radius 1 is 1.30 bits per heavy atom. The zero-order valence-electron chi connectivity index (χ0n) is 13.1. The van der Waals surface area contributed by atoms with Gasteiger partial charge in [0, 0.05) is 20.1 Å². The van der Waals surface area contributed by atoms with Crippen molar-refractivity contribution in [3.63, 3.8) is 0 Å². The quantitative estimate of drug-likeness (QED) is 0.747. The Morgan fingerprint density at radius 3 is 2.61 bits per heavy atom. The number of carbonyl (C=O) groups excluding carboxylic acids is 1.